The summed E-state index contributed by atoms with van der Waals surface area (Å²) >= 11 is 0. The Hall–Kier alpha value is -4.27. The Morgan fingerprint density at radius 3 is 2.35 bits per heavy atom. The van der Waals surface area contributed by atoms with Gasteiger partial charge >= 0.3 is 6.09 Å². The molecular weight excluding hydrogens is 725 g/mol. The fourth-order valence-electron chi connectivity index (χ4n) is 9.34. The topological polar surface area (TPSA) is 186 Å². The van der Waals surface area contributed by atoms with Crippen molar-refractivity contribution in [3.8, 4) is 5.88 Å². The van der Waals surface area contributed by atoms with Crippen LogP contribution < -0.4 is 20.1 Å². The van der Waals surface area contributed by atoms with Gasteiger partial charge in [-0.15, -0.1) is 6.58 Å². The first-order valence-electron chi connectivity index (χ1n) is 20.2. The highest BCUT2D eigenvalue weighted by molar-refractivity contribution is 7.91. The Labute approximate surface area is 322 Å². The number of aryl methyl sites for hydroxylation is 1. The maximum Gasteiger partial charge on any atom is 0.408 e. The number of nitrogens with zero attached hydrogens (tertiary/aromatic N) is 3. The number of sulfonamides is 1. The van der Waals surface area contributed by atoms with Gasteiger partial charge in [0.15, 0.2) is 0 Å². The van der Waals surface area contributed by atoms with Crippen LogP contribution in [0.25, 0.3) is 11.0 Å². The molecule has 0 spiro atoms. The highest BCUT2D eigenvalue weighted by Crippen LogP contribution is 2.46. The molecule has 5 fully saturated rings. The molecule has 14 nitrogen and oxygen atoms in total. The number of carbonyl (C=O) groups is 4. The predicted molar refractivity (Wildman–Crippen MR) is 202 cm³/mol. The average Bonchev–Trinajstić information content (AvgIpc) is 3.95. The van der Waals surface area contributed by atoms with Crippen molar-refractivity contribution in [1.29, 1.82) is 0 Å². The van der Waals surface area contributed by atoms with Crippen molar-refractivity contribution in [1.82, 2.24) is 30.2 Å². The van der Waals surface area contributed by atoms with E-state index >= 15 is 0 Å². The van der Waals surface area contributed by atoms with Crippen LogP contribution in [0, 0.1) is 17.8 Å². The summed E-state index contributed by atoms with van der Waals surface area (Å²) in [5, 5.41) is 5.18. The lowest BCUT2D eigenvalue weighted by atomic mass is 9.96. The monoisotopic (exact) mass is 776 g/mol. The highest BCUT2D eigenvalue weighted by Gasteiger charge is 2.62. The molecule has 4 amide bonds. The van der Waals surface area contributed by atoms with Crippen molar-refractivity contribution in [3.63, 3.8) is 0 Å². The number of nitrogens with one attached hydrogen (secondary N) is 3. The summed E-state index contributed by atoms with van der Waals surface area (Å²) in [4.78, 5) is 67.7. The molecule has 2 aromatic rings. The molecule has 8 rings (SSSR count). The van der Waals surface area contributed by atoms with Gasteiger partial charge in [0.1, 0.15) is 35.5 Å². The van der Waals surface area contributed by atoms with Gasteiger partial charge < -0.3 is 25.0 Å². The zero-order valence-electron chi connectivity index (χ0n) is 31.2. The summed E-state index contributed by atoms with van der Waals surface area (Å²) in [6, 6.07) is 5.56. The number of hydrogen-bond acceptors (Lipinski definition) is 10. The normalized spacial score (nSPS) is 31.9. The maximum atomic E-state index is 14.8. The summed E-state index contributed by atoms with van der Waals surface area (Å²) in [5.74, 6) is -1.88. The Kier molecular flexibility index (Phi) is 10.5. The van der Waals surface area contributed by atoms with Crippen LogP contribution in [0.2, 0.25) is 0 Å². The molecule has 15 heteroatoms. The van der Waals surface area contributed by atoms with Crippen LogP contribution in [0.4, 0.5) is 4.79 Å². The molecule has 296 valence electrons. The van der Waals surface area contributed by atoms with Crippen LogP contribution in [0.3, 0.4) is 0 Å². The second-order valence-corrected chi connectivity index (χ2v) is 18.5. The molecule has 1 saturated heterocycles. The van der Waals surface area contributed by atoms with E-state index in [0.717, 1.165) is 76.1 Å². The number of para-hydroxylation sites is 2. The zero-order chi connectivity index (χ0) is 38.3. The summed E-state index contributed by atoms with van der Waals surface area (Å²) in [6.07, 6.45) is 11.7. The molecule has 1 aromatic heterocycles. The lowest BCUT2D eigenvalue weighted by molar-refractivity contribution is -0.142. The lowest BCUT2D eigenvalue weighted by Crippen LogP contribution is -2.59. The number of aromatic nitrogens is 2. The number of benzene rings is 1. The summed E-state index contributed by atoms with van der Waals surface area (Å²) in [5.41, 5.74) is 0.603. The number of rotatable bonds is 7. The van der Waals surface area contributed by atoms with E-state index in [-0.39, 0.29) is 37.3 Å². The van der Waals surface area contributed by atoms with Crippen LogP contribution in [0.1, 0.15) is 102 Å². The van der Waals surface area contributed by atoms with Crippen molar-refractivity contribution in [3.05, 3.63) is 42.6 Å². The molecule has 2 aliphatic heterocycles. The lowest BCUT2D eigenvalue weighted by Gasteiger charge is -2.32. The molecular formula is C40H52N6O8S. The minimum absolute atomic E-state index is 0.0235. The summed E-state index contributed by atoms with van der Waals surface area (Å²) in [6.45, 7) is 3.84. The molecule has 7 atom stereocenters. The van der Waals surface area contributed by atoms with Crippen molar-refractivity contribution in [2.45, 2.75) is 138 Å². The van der Waals surface area contributed by atoms with Gasteiger partial charge in [-0.3, -0.25) is 19.1 Å². The van der Waals surface area contributed by atoms with E-state index in [9.17, 15) is 27.6 Å². The van der Waals surface area contributed by atoms with Gasteiger partial charge in [0.05, 0.1) is 22.8 Å². The molecule has 6 aliphatic rings. The Morgan fingerprint density at radius 1 is 0.909 bits per heavy atom. The first kappa shape index (κ1) is 37.6. The average molecular weight is 777 g/mol. The molecule has 55 heavy (non-hydrogen) atoms. The van der Waals surface area contributed by atoms with Crippen molar-refractivity contribution < 1.29 is 37.1 Å². The smallest absolute Gasteiger partial charge is 0.408 e. The fourth-order valence-corrected chi connectivity index (χ4v) is 10.7. The first-order chi connectivity index (χ1) is 26.5. The van der Waals surface area contributed by atoms with E-state index in [1.54, 1.807) is 0 Å². The van der Waals surface area contributed by atoms with Gasteiger partial charge in [-0.2, -0.15) is 0 Å². The second-order valence-electron chi connectivity index (χ2n) is 16.5. The van der Waals surface area contributed by atoms with Gasteiger partial charge in [-0.1, -0.05) is 43.9 Å². The van der Waals surface area contributed by atoms with E-state index in [4.69, 9.17) is 19.4 Å². The van der Waals surface area contributed by atoms with E-state index in [0.29, 0.717) is 36.4 Å². The minimum Gasteiger partial charge on any atom is -0.471 e. The van der Waals surface area contributed by atoms with E-state index < -0.39 is 68.7 Å². The number of ether oxygens (including phenoxy) is 2. The van der Waals surface area contributed by atoms with Crippen LogP contribution in [0.5, 0.6) is 5.88 Å². The van der Waals surface area contributed by atoms with Gasteiger partial charge in [-0.25, -0.2) is 23.2 Å². The third kappa shape index (κ3) is 7.90. The van der Waals surface area contributed by atoms with Crippen LogP contribution >= 0.6 is 0 Å². The molecule has 4 aliphatic carbocycles. The van der Waals surface area contributed by atoms with E-state index in [1.807, 2.05) is 24.3 Å². The Morgan fingerprint density at radius 2 is 1.62 bits per heavy atom. The van der Waals surface area contributed by atoms with Crippen molar-refractivity contribution in [2.75, 3.05) is 6.54 Å². The van der Waals surface area contributed by atoms with Gasteiger partial charge in [-0.05, 0) is 94.6 Å². The van der Waals surface area contributed by atoms with Crippen LogP contribution in [-0.4, -0.2) is 88.7 Å². The first-order valence-corrected chi connectivity index (χ1v) is 21.8. The maximum absolute atomic E-state index is 14.8. The van der Waals surface area contributed by atoms with Crippen molar-refractivity contribution >= 4 is 44.9 Å². The standard InChI is InChI=1S/C40H52N6O8S/c1-2-26-22-40(26,38(49)45-55(51,52)28-19-20-28)44-35(47)32-21-27-23-46(32)37(48)34(25-12-6-7-13-25)43-39(50)54-33-18-10-14-24(33)11-4-3-5-17-31-36(53-27)42-30-16-9-8-15-29(30)41-31/h2,8-9,15-16,24-28,32-34H,1,3-7,10-14,17-23H2,(H,43,50)(H,44,47)(H,45,49)/t24-,26-,27+,32-,33-,34-,40-/m0/s1. The quantitative estimate of drug-likeness (QED) is 0.344. The van der Waals surface area contributed by atoms with E-state index in [1.165, 1.54) is 11.0 Å². The SMILES string of the molecule is C=C[C@H]1C[C@@]1(NC(=O)[C@@H]1C[C@@H]2CN1C(=O)[C@H](C1CCCC1)NC(=O)O[C@H]1CCC[C@@H]1CCCCCc1nc3ccccc3nc1O2)C(=O)NS(=O)(=O)C1CC1. The number of hydrogen-bond donors (Lipinski definition) is 3. The second kappa shape index (κ2) is 15.3. The molecule has 0 radical (unpaired) electrons. The van der Waals surface area contributed by atoms with Gasteiger partial charge in [0, 0.05) is 12.3 Å². The number of amides is 4. The fraction of sp³-hybridized carbons (Fsp3) is 0.650. The Bertz CT molecular complexity index is 1950. The molecule has 3 N–H and O–H groups in total. The largest absolute Gasteiger partial charge is 0.471 e. The third-order valence-corrected chi connectivity index (χ3v) is 14.5. The number of carbonyl (C=O) groups excluding carboxylic acids is 4. The van der Waals surface area contributed by atoms with Crippen molar-refractivity contribution in [2.24, 2.45) is 17.8 Å². The van der Waals surface area contributed by atoms with Crippen LogP contribution in [-0.2, 0) is 35.6 Å². The molecule has 2 bridgehead atoms. The number of alkyl carbamates (subject to hydrolysis) is 1. The van der Waals surface area contributed by atoms with Gasteiger partial charge in [0.25, 0.3) is 5.91 Å². The van der Waals surface area contributed by atoms with Crippen LogP contribution in [0.15, 0.2) is 36.9 Å². The molecule has 3 heterocycles. The Balaban J connectivity index is 1.12. The van der Waals surface area contributed by atoms with Gasteiger partial charge in [0.2, 0.25) is 27.7 Å². The summed E-state index contributed by atoms with van der Waals surface area (Å²) in [7, 11) is -3.89. The molecule has 4 saturated carbocycles. The summed E-state index contributed by atoms with van der Waals surface area (Å²) < 4.78 is 40.4. The molecule has 1 aromatic carbocycles. The van der Waals surface area contributed by atoms with E-state index in [2.05, 4.69) is 21.9 Å². The molecule has 0 unspecified atom stereocenters. The zero-order valence-corrected chi connectivity index (χ0v) is 32.1. The number of fused-ring (bicyclic) bond motifs is 5. The minimum atomic E-state index is -3.89. The predicted octanol–water partition coefficient (Wildman–Crippen LogP) is 4.22. The third-order valence-electron chi connectivity index (χ3n) is 12.7. The highest BCUT2D eigenvalue weighted by atomic mass is 32.2.